The van der Waals surface area contributed by atoms with E-state index in [1.165, 1.54) is 11.1 Å². The zero-order valence-corrected chi connectivity index (χ0v) is 13.0. The molecule has 0 fully saturated rings. The lowest BCUT2D eigenvalue weighted by molar-refractivity contribution is 1.12. The summed E-state index contributed by atoms with van der Waals surface area (Å²) >= 11 is 0. The largest absolute Gasteiger partial charge is 0.399 e. The van der Waals surface area contributed by atoms with E-state index in [4.69, 9.17) is 11.5 Å². The van der Waals surface area contributed by atoms with Crippen molar-refractivity contribution >= 4 is 17.1 Å². The first-order valence-corrected chi connectivity index (χ1v) is 7.71. The second kappa shape index (κ2) is 6.88. The molecule has 3 nitrogen and oxygen atoms in total. The highest BCUT2D eigenvalue weighted by molar-refractivity contribution is 5.52. The van der Waals surface area contributed by atoms with Crippen LogP contribution in [0.3, 0.4) is 0 Å². The van der Waals surface area contributed by atoms with Crippen LogP contribution in [0.1, 0.15) is 16.7 Å². The van der Waals surface area contributed by atoms with Crippen molar-refractivity contribution < 1.29 is 0 Å². The van der Waals surface area contributed by atoms with Crippen LogP contribution in [0.15, 0.2) is 72.8 Å². The molecule has 3 aromatic rings. The van der Waals surface area contributed by atoms with Gasteiger partial charge in [0.25, 0.3) is 0 Å². The van der Waals surface area contributed by atoms with Gasteiger partial charge in [0.2, 0.25) is 0 Å². The van der Waals surface area contributed by atoms with Crippen LogP contribution in [0.25, 0.3) is 0 Å². The molecule has 23 heavy (non-hydrogen) atoms. The molecular weight excluding hydrogens is 282 g/mol. The van der Waals surface area contributed by atoms with E-state index in [0.29, 0.717) is 6.54 Å². The van der Waals surface area contributed by atoms with Gasteiger partial charge in [-0.25, -0.2) is 0 Å². The average Bonchev–Trinajstić information content (AvgIpc) is 2.58. The summed E-state index contributed by atoms with van der Waals surface area (Å²) in [6.45, 7) is 0.714. The van der Waals surface area contributed by atoms with Crippen molar-refractivity contribution in [3.05, 3.63) is 89.5 Å². The second-order valence-corrected chi connectivity index (χ2v) is 5.67. The maximum atomic E-state index is 6.11. The molecule has 0 saturated carbocycles. The van der Waals surface area contributed by atoms with E-state index in [9.17, 15) is 0 Å². The number of nitrogens with one attached hydrogen (secondary N) is 1. The lowest BCUT2D eigenvalue weighted by Crippen LogP contribution is -2.04. The average molecular weight is 303 g/mol. The molecule has 0 heterocycles. The maximum absolute atomic E-state index is 6.11. The molecular formula is C20H21N3. The van der Waals surface area contributed by atoms with Crippen molar-refractivity contribution in [3.8, 4) is 0 Å². The van der Waals surface area contributed by atoms with Crippen molar-refractivity contribution in [2.75, 3.05) is 16.8 Å². The molecule has 0 atom stereocenters. The quantitative estimate of drug-likeness (QED) is 0.623. The van der Waals surface area contributed by atoms with Gasteiger partial charge in [0.15, 0.2) is 0 Å². The van der Waals surface area contributed by atoms with Crippen LogP contribution in [0.2, 0.25) is 0 Å². The van der Waals surface area contributed by atoms with Crippen LogP contribution in [0, 0.1) is 0 Å². The Hall–Kier alpha value is -2.94. The smallest absolute Gasteiger partial charge is 0.0421 e. The molecule has 3 aromatic carbocycles. The van der Waals surface area contributed by atoms with Crippen molar-refractivity contribution in [2.45, 2.75) is 13.0 Å². The monoisotopic (exact) mass is 303 g/mol. The lowest BCUT2D eigenvalue weighted by atomic mass is 10.0. The summed E-state index contributed by atoms with van der Waals surface area (Å²) in [5.41, 5.74) is 18.1. The molecule has 3 rings (SSSR count). The predicted molar refractivity (Wildman–Crippen MR) is 98.3 cm³/mol. The van der Waals surface area contributed by atoms with Gasteiger partial charge in [-0.05, 0) is 53.4 Å². The van der Waals surface area contributed by atoms with E-state index >= 15 is 0 Å². The zero-order valence-electron chi connectivity index (χ0n) is 13.0. The summed E-state index contributed by atoms with van der Waals surface area (Å²) < 4.78 is 0. The zero-order chi connectivity index (χ0) is 16.1. The minimum atomic E-state index is 0.714. The Balaban J connectivity index is 1.72. The SMILES string of the molecule is Nc1ccc(Cc2ccc(N)c(CNc3ccccc3)c2)cc1. The molecule has 116 valence electrons. The summed E-state index contributed by atoms with van der Waals surface area (Å²) in [5, 5.41) is 3.40. The molecule has 0 amide bonds. The van der Waals surface area contributed by atoms with Gasteiger partial charge in [0, 0.05) is 23.6 Å². The molecule has 0 aromatic heterocycles. The van der Waals surface area contributed by atoms with E-state index < -0.39 is 0 Å². The Kier molecular flexibility index (Phi) is 4.48. The highest BCUT2D eigenvalue weighted by Crippen LogP contribution is 2.19. The summed E-state index contributed by atoms with van der Waals surface area (Å²) in [7, 11) is 0. The van der Waals surface area contributed by atoms with E-state index in [1.54, 1.807) is 0 Å². The van der Waals surface area contributed by atoms with Gasteiger partial charge in [0.05, 0.1) is 0 Å². The first-order chi connectivity index (χ1) is 11.2. The normalized spacial score (nSPS) is 10.4. The molecule has 0 aliphatic rings. The molecule has 0 aliphatic carbocycles. The van der Waals surface area contributed by atoms with Crippen LogP contribution in [-0.2, 0) is 13.0 Å². The van der Waals surface area contributed by atoms with Crippen molar-refractivity contribution in [3.63, 3.8) is 0 Å². The summed E-state index contributed by atoms with van der Waals surface area (Å²) in [6.07, 6.45) is 0.874. The van der Waals surface area contributed by atoms with Gasteiger partial charge in [-0.15, -0.1) is 0 Å². The molecule has 0 spiro atoms. The third-order valence-electron chi connectivity index (χ3n) is 3.85. The summed E-state index contributed by atoms with van der Waals surface area (Å²) in [6, 6.07) is 24.4. The van der Waals surface area contributed by atoms with E-state index in [-0.39, 0.29) is 0 Å². The Morgan fingerprint density at radius 2 is 1.43 bits per heavy atom. The molecule has 0 bridgehead atoms. The third-order valence-corrected chi connectivity index (χ3v) is 3.85. The van der Waals surface area contributed by atoms with Crippen molar-refractivity contribution in [1.29, 1.82) is 0 Å². The number of hydrogen-bond acceptors (Lipinski definition) is 3. The van der Waals surface area contributed by atoms with Crippen LogP contribution in [0.5, 0.6) is 0 Å². The molecule has 0 saturated heterocycles. The highest BCUT2D eigenvalue weighted by atomic mass is 14.9. The Labute approximate surface area is 137 Å². The van der Waals surface area contributed by atoms with Gasteiger partial charge in [-0.2, -0.15) is 0 Å². The van der Waals surface area contributed by atoms with E-state index in [0.717, 1.165) is 29.0 Å². The van der Waals surface area contributed by atoms with Gasteiger partial charge in [-0.3, -0.25) is 0 Å². The molecule has 5 N–H and O–H groups in total. The van der Waals surface area contributed by atoms with Gasteiger partial charge in [0.1, 0.15) is 0 Å². The second-order valence-electron chi connectivity index (χ2n) is 5.67. The first kappa shape index (κ1) is 15.0. The van der Waals surface area contributed by atoms with Crippen LogP contribution >= 0.6 is 0 Å². The summed E-state index contributed by atoms with van der Waals surface area (Å²) in [5.74, 6) is 0. The molecule has 3 heteroatoms. The number of nitrogen functional groups attached to an aromatic ring is 2. The minimum absolute atomic E-state index is 0.714. The van der Waals surface area contributed by atoms with Crippen molar-refractivity contribution in [2.24, 2.45) is 0 Å². The van der Waals surface area contributed by atoms with Gasteiger partial charge >= 0.3 is 0 Å². The summed E-state index contributed by atoms with van der Waals surface area (Å²) in [4.78, 5) is 0. The minimum Gasteiger partial charge on any atom is -0.399 e. The standard InChI is InChI=1S/C20H21N3/c21-18-9-6-15(7-10-18)12-16-8-11-20(22)17(13-16)14-23-19-4-2-1-3-5-19/h1-11,13,23H,12,14,21-22H2. The fraction of sp³-hybridized carbons (Fsp3) is 0.100. The number of hydrogen-bond donors (Lipinski definition) is 3. The number of anilines is 3. The van der Waals surface area contributed by atoms with E-state index in [1.807, 2.05) is 36.4 Å². The number of benzene rings is 3. The van der Waals surface area contributed by atoms with E-state index in [2.05, 4.69) is 41.7 Å². The third kappa shape index (κ3) is 4.04. The fourth-order valence-electron chi connectivity index (χ4n) is 2.55. The van der Waals surface area contributed by atoms with Crippen LogP contribution in [0.4, 0.5) is 17.1 Å². The number of nitrogens with two attached hydrogens (primary N) is 2. The molecule has 0 radical (unpaired) electrons. The number of rotatable bonds is 5. The van der Waals surface area contributed by atoms with Crippen LogP contribution in [-0.4, -0.2) is 0 Å². The first-order valence-electron chi connectivity index (χ1n) is 7.71. The highest BCUT2D eigenvalue weighted by Gasteiger charge is 2.03. The number of para-hydroxylation sites is 1. The topological polar surface area (TPSA) is 64.1 Å². The Bertz CT molecular complexity index is 765. The van der Waals surface area contributed by atoms with Gasteiger partial charge < -0.3 is 16.8 Å². The van der Waals surface area contributed by atoms with Crippen molar-refractivity contribution in [1.82, 2.24) is 0 Å². The Morgan fingerprint density at radius 1 is 0.739 bits per heavy atom. The lowest BCUT2D eigenvalue weighted by Gasteiger charge is -2.11. The van der Waals surface area contributed by atoms with Crippen LogP contribution < -0.4 is 16.8 Å². The van der Waals surface area contributed by atoms with Gasteiger partial charge in [-0.1, -0.05) is 42.5 Å². The molecule has 0 aliphatic heterocycles. The Morgan fingerprint density at radius 3 is 2.17 bits per heavy atom. The maximum Gasteiger partial charge on any atom is 0.0421 e. The fourth-order valence-corrected chi connectivity index (χ4v) is 2.55. The predicted octanol–water partition coefficient (Wildman–Crippen LogP) is 4.05. The molecule has 0 unspecified atom stereocenters.